The molecule has 2 N–H and O–H groups in total. The van der Waals surface area contributed by atoms with Gasteiger partial charge in [0, 0.05) is 0 Å². The summed E-state index contributed by atoms with van der Waals surface area (Å²) in [5.74, 6) is 0.971. The van der Waals surface area contributed by atoms with Crippen LogP contribution in [0.5, 0.6) is 5.75 Å². The minimum Gasteiger partial charge on any atom is -0.496 e. The van der Waals surface area contributed by atoms with Gasteiger partial charge in [0.1, 0.15) is 11.3 Å². The molecule has 0 saturated heterocycles. The third-order valence-corrected chi connectivity index (χ3v) is 4.16. The van der Waals surface area contributed by atoms with E-state index in [1.54, 1.807) is 14.0 Å². The largest absolute Gasteiger partial charge is 0.496 e. The molecule has 0 radical (unpaired) electrons. The van der Waals surface area contributed by atoms with Crippen molar-refractivity contribution in [3.8, 4) is 5.75 Å². The van der Waals surface area contributed by atoms with Crippen molar-refractivity contribution in [1.82, 2.24) is 0 Å². The number of methoxy groups -OCH3 is 1. The fourth-order valence-electron chi connectivity index (χ4n) is 2.75. The highest BCUT2D eigenvalue weighted by Crippen LogP contribution is 2.46. The molecule has 1 saturated carbocycles. The average molecular weight is 291 g/mol. The number of hydrogen-bond donors (Lipinski definition) is 1. The fourth-order valence-corrected chi connectivity index (χ4v) is 2.75. The van der Waals surface area contributed by atoms with E-state index in [9.17, 15) is 4.79 Å². The number of benzene rings is 1. The maximum atomic E-state index is 12.4. The summed E-state index contributed by atoms with van der Waals surface area (Å²) in [5, 5.41) is 0. The van der Waals surface area contributed by atoms with Crippen LogP contribution < -0.4 is 10.5 Å². The van der Waals surface area contributed by atoms with Crippen LogP contribution in [-0.4, -0.2) is 19.7 Å². The molecule has 1 aromatic carbocycles. The minimum atomic E-state index is -1.04. The van der Waals surface area contributed by atoms with Crippen molar-refractivity contribution in [3.63, 3.8) is 0 Å². The molecule has 116 valence electrons. The van der Waals surface area contributed by atoms with Gasteiger partial charge in [-0.15, -0.1) is 0 Å². The summed E-state index contributed by atoms with van der Waals surface area (Å²) in [7, 11) is 1.66. The van der Waals surface area contributed by atoms with Crippen molar-refractivity contribution in [1.29, 1.82) is 0 Å². The quantitative estimate of drug-likeness (QED) is 0.819. The predicted octanol–water partition coefficient (Wildman–Crippen LogP) is 2.95. The first-order chi connectivity index (χ1) is 9.94. The van der Waals surface area contributed by atoms with Gasteiger partial charge in [-0.2, -0.15) is 0 Å². The van der Waals surface area contributed by atoms with Crippen LogP contribution in [0.4, 0.5) is 0 Å². The lowest BCUT2D eigenvalue weighted by Crippen LogP contribution is -2.48. The van der Waals surface area contributed by atoms with Gasteiger partial charge in [-0.25, -0.2) is 4.79 Å². The second-order valence-electron chi connectivity index (χ2n) is 5.98. The van der Waals surface area contributed by atoms with Gasteiger partial charge < -0.3 is 15.2 Å². The van der Waals surface area contributed by atoms with Crippen LogP contribution in [0, 0.1) is 5.92 Å². The molecule has 21 heavy (non-hydrogen) atoms. The van der Waals surface area contributed by atoms with Gasteiger partial charge in [0.05, 0.1) is 13.7 Å². The molecule has 1 aromatic rings. The molecule has 1 atom stereocenters. The highest BCUT2D eigenvalue weighted by molar-refractivity contribution is 5.83. The Kier molecular flexibility index (Phi) is 4.57. The van der Waals surface area contributed by atoms with Crippen LogP contribution >= 0.6 is 0 Å². The molecule has 0 amide bonds. The van der Waals surface area contributed by atoms with Crippen molar-refractivity contribution >= 4 is 5.97 Å². The van der Waals surface area contributed by atoms with Crippen LogP contribution in [0.25, 0.3) is 0 Å². The van der Waals surface area contributed by atoms with Crippen molar-refractivity contribution in [2.75, 3.05) is 13.7 Å². The van der Waals surface area contributed by atoms with E-state index in [-0.39, 0.29) is 11.9 Å². The van der Waals surface area contributed by atoms with E-state index in [1.807, 2.05) is 18.2 Å². The SMILES string of the molecule is CCOC(=O)C(N)(c1ccc(OC)c(C(C)C)c1)C1CC1. The summed E-state index contributed by atoms with van der Waals surface area (Å²) < 4.78 is 10.6. The third kappa shape index (κ3) is 2.91. The van der Waals surface area contributed by atoms with Crippen LogP contribution in [0.3, 0.4) is 0 Å². The molecule has 4 heteroatoms. The van der Waals surface area contributed by atoms with Crippen molar-refractivity contribution in [2.24, 2.45) is 11.7 Å². The summed E-state index contributed by atoms with van der Waals surface area (Å²) >= 11 is 0. The zero-order chi connectivity index (χ0) is 15.6. The van der Waals surface area contributed by atoms with Crippen LogP contribution in [0.15, 0.2) is 18.2 Å². The number of nitrogens with two attached hydrogens (primary N) is 1. The maximum absolute atomic E-state index is 12.4. The first-order valence-electron chi connectivity index (χ1n) is 7.59. The Morgan fingerprint density at radius 1 is 1.43 bits per heavy atom. The van der Waals surface area contributed by atoms with Crippen molar-refractivity contribution in [3.05, 3.63) is 29.3 Å². The smallest absolute Gasteiger partial charge is 0.331 e. The standard InChI is InChI=1S/C17H25NO3/c1-5-21-16(19)17(18,12-6-7-12)13-8-9-15(20-4)14(10-13)11(2)3/h8-12H,5-7,18H2,1-4H3. The molecular weight excluding hydrogens is 266 g/mol. The number of esters is 1. The van der Waals surface area contributed by atoms with Crippen molar-refractivity contribution < 1.29 is 14.3 Å². The van der Waals surface area contributed by atoms with E-state index in [0.717, 1.165) is 29.7 Å². The second kappa shape index (κ2) is 6.06. The Labute approximate surface area is 126 Å². The first-order valence-corrected chi connectivity index (χ1v) is 7.59. The Hall–Kier alpha value is -1.55. The highest BCUT2D eigenvalue weighted by Gasteiger charge is 2.50. The molecule has 4 nitrogen and oxygen atoms in total. The number of carbonyl (C=O) groups excluding carboxylic acids is 1. The molecule has 0 spiro atoms. The monoisotopic (exact) mass is 291 g/mol. The van der Waals surface area contributed by atoms with Gasteiger partial charge in [-0.1, -0.05) is 19.9 Å². The Morgan fingerprint density at radius 2 is 2.10 bits per heavy atom. The molecule has 0 bridgehead atoms. The zero-order valence-electron chi connectivity index (χ0n) is 13.3. The molecule has 1 aliphatic carbocycles. The molecule has 1 aliphatic rings. The van der Waals surface area contributed by atoms with E-state index in [0.29, 0.717) is 12.5 Å². The molecule has 0 aliphatic heterocycles. The van der Waals surface area contributed by atoms with E-state index in [1.165, 1.54) is 0 Å². The topological polar surface area (TPSA) is 61.5 Å². The van der Waals surface area contributed by atoms with E-state index >= 15 is 0 Å². The van der Waals surface area contributed by atoms with Crippen LogP contribution in [0.2, 0.25) is 0 Å². The Morgan fingerprint density at radius 3 is 2.57 bits per heavy atom. The zero-order valence-corrected chi connectivity index (χ0v) is 13.3. The van der Waals surface area contributed by atoms with Crippen molar-refractivity contribution in [2.45, 2.75) is 45.1 Å². The molecule has 2 rings (SSSR count). The molecule has 1 fully saturated rings. The first kappa shape index (κ1) is 15.8. The Balaban J connectivity index is 2.46. The molecular formula is C17H25NO3. The predicted molar refractivity (Wildman–Crippen MR) is 82.3 cm³/mol. The third-order valence-electron chi connectivity index (χ3n) is 4.16. The number of carbonyl (C=O) groups is 1. The number of ether oxygens (including phenoxy) is 2. The molecule has 0 heterocycles. The van der Waals surface area contributed by atoms with Gasteiger partial charge in [-0.05, 0) is 54.9 Å². The summed E-state index contributed by atoms with van der Waals surface area (Å²) in [4.78, 5) is 12.4. The van der Waals surface area contributed by atoms with Crippen LogP contribution in [-0.2, 0) is 15.1 Å². The fraction of sp³-hybridized carbons (Fsp3) is 0.588. The minimum absolute atomic E-state index is 0.171. The molecule has 1 unspecified atom stereocenters. The maximum Gasteiger partial charge on any atom is 0.331 e. The lowest BCUT2D eigenvalue weighted by molar-refractivity contribution is -0.151. The van der Waals surface area contributed by atoms with Gasteiger partial charge in [0.15, 0.2) is 0 Å². The number of rotatable bonds is 6. The van der Waals surface area contributed by atoms with Crippen LogP contribution in [0.1, 0.15) is 50.7 Å². The number of hydrogen-bond acceptors (Lipinski definition) is 4. The summed E-state index contributed by atoms with van der Waals surface area (Å²) in [5.41, 5.74) is 7.36. The lowest BCUT2D eigenvalue weighted by atomic mass is 9.83. The average Bonchev–Trinajstić information content (AvgIpc) is 3.30. The summed E-state index contributed by atoms with van der Waals surface area (Å²) in [6.07, 6.45) is 1.94. The van der Waals surface area contributed by atoms with E-state index < -0.39 is 5.54 Å². The van der Waals surface area contributed by atoms with Gasteiger partial charge in [0.25, 0.3) is 0 Å². The van der Waals surface area contributed by atoms with Gasteiger partial charge >= 0.3 is 5.97 Å². The molecule has 0 aromatic heterocycles. The normalized spacial score (nSPS) is 17.4. The summed E-state index contributed by atoms with van der Waals surface area (Å²) in [6.45, 7) is 6.35. The Bertz CT molecular complexity index is 523. The van der Waals surface area contributed by atoms with E-state index in [2.05, 4.69) is 13.8 Å². The highest BCUT2D eigenvalue weighted by atomic mass is 16.5. The van der Waals surface area contributed by atoms with E-state index in [4.69, 9.17) is 15.2 Å². The van der Waals surface area contributed by atoms with Gasteiger partial charge in [0.2, 0.25) is 0 Å². The lowest BCUT2D eigenvalue weighted by Gasteiger charge is -2.29. The second-order valence-corrected chi connectivity index (χ2v) is 5.98. The summed E-state index contributed by atoms with van der Waals surface area (Å²) in [6, 6.07) is 5.78. The van der Waals surface area contributed by atoms with Gasteiger partial charge in [-0.3, -0.25) is 0 Å².